The third-order valence-corrected chi connectivity index (χ3v) is 10.9. The highest BCUT2D eigenvalue weighted by Gasteiger charge is 2.40. The molecule has 1 aliphatic rings. The van der Waals surface area contributed by atoms with Crippen LogP contribution in [0.4, 0.5) is 4.39 Å². The number of aromatic hydroxyl groups is 1. The maximum absolute atomic E-state index is 15.7. The number of phenols is 1. The second kappa shape index (κ2) is 15.3. The zero-order valence-electron chi connectivity index (χ0n) is 27.8. The third-order valence-electron chi connectivity index (χ3n) is 8.86. The number of thiol groups is 1. The number of benzene rings is 4. The standard InChI is InChI=1S/C39H36FN3O8S/c1-51-36-24(20-41-21-31(45)27-14-16-30(44)35-28(27)15-17-33(46)43-35)12-13-29(34(36)40)37(47)42-22-52-18-6-11-32(52)23-7-5-10-26(19-23)39(50,38(48)49)25-8-3-2-4-9-25/h2-19,31,41,44-45,50,52H,20-22H2,1H3,(H,42,47)(H,43,46)(H,48,49)/t31-,39-/m0/s1. The Labute approximate surface area is 300 Å². The number of hydrogen-bond acceptors (Lipinski definition) is 8. The number of aliphatic carboxylic acids is 1. The summed E-state index contributed by atoms with van der Waals surface area (Å²) in [5.74, 6) is -2.99. The van der Waals surface area contributed by atoms with Crippen LogP contribution in [0.3, 0.4) is 0 Å². The van der Waals surface area contributed by atoms with Crippen LogP contribution >= 0.6 is 10.9 Å². The van der Waals surface area contributed by atoms with E-state index in [0.717, 1.165) is 4.91 Å². The molecule has 0 fully saturated rings. The van der Waals surface area contributed by atoms with Crippen LogP contribution in [0.15, 0.2) is 113 Å². The van der Waals surface area contributed by atoms with E-state index in [-0.39, 0.29) is 52.7 Å². The maximum atomic E-state index is 15.7. The Morgan fingerprint density at radius 3 is 2.52 bits per heavy atom. The largest absolute Gasteiger partial charge is 0.506 e. The number of halogens is 1. The Kier molecular flexibility index (Phi) is 10.6. The second-order valence-corrected chi connectivity index (χ2v) is 14.1. The molecule has 13 heteroatoms. The number of allylic oxidation sites excluding steroid dienone is 2. The molecule has 0 saturated carbocycles. The van der Waals surface area contributed by atoms with E-state index in [9.17, 15) is 34.8 Å². The fraction of sp³-hybridized carbons (Fsp3) is 0.154. The van der Waals surface area contributed by atoms with Crippen molar-refractivity contribution in [1.82, 2.24) is 15.6 Å². The van der Waals surface area contributed by atoms with Gasteiger partial charge in [-0.3, -0.25) is 9.59 Å². The van der Waals surface area contributed by atoms with Gasteiger partial charge in [-0.05, 0) is 57.3 Å². The summed E-state index contributed by atoms with van der Waals surface area (Å²) in [7, 11) is 0.194. The molecular formula is C39H36FN3O8S. The Morgan fingerprint density at radius 2 is 1.77 bits per heavy atom. The van der Waals surface area contributed by atoms with Crippen molar-refractivity contribution in [2.45, 2.75) is 18.2 Å². The fourth-order valence-electron chi connectivity index (χ4n) is 6.20. The highest BCUT2D eigenvalue weighted by atomic mass is 32.2. The Bertz CT molecular complexity index is 2280. The molecule has 1 unspecified atom stereocenters. The molecular weight excluding hydrogens is 690 g/mol. The van der Waals surface area contributed by atoms with E-state index in [4.69, 9.17) is 4.74 Å². The number of ether oxygens (including phenoxy) is 1. The van der Waals surface area contributed by atoms with E-state index < -0.39 is 45.9 Å². The van der Waals surface area contributed by atoms with Gasteiger partial charge in [0.05, 0.1) is 30.2 Å². The summed E-state index contributed by atoms with van der Waals surface area (Å²) in [5.41, 5.74) is -0.715. The first-order chi connectivity index (χ1) is 25.0. The number of nitrogens with one attached hydrogen (secondary N) is 3. The van der Waals surface area contributed by atoms with Gasteiger partial charge in [-0.15, -0.1) is 0 Å². The number of aromatic nitrogens is 1. The van der Waals surface area contributed by atoms with Gasteiger partial charge in [-0.25, -0.2) is 9.18 Å². The minimum Gasteiger partial charge on any atom is -0.506 e. The number of fused-ring (bicyclic) bond motifs is 1. The van der Waals surface area contributed by atoms with Gasteiger partial charge < -0.3 is 40.8 Å². The van der Waals surface area contributed by atoms with Crippen LogP contribution in [0, 0.1) is 5.82 Å². The summed E-state index contributed by atoms with van der Waals surface area (Å²) in [6.45, 7) is 0.139. The van der Waals surface area contributed by atoms with E-state index in [0.29, 0.717) is 22.1 Å². The average Bonchev–Trinajstić information content (AvgIpc) is 3.63. The SMILES string of the molecule is COc1c(CNC[C@H](O)c2ccc(O)c3[nH]c(=O)ccc23)ccc(C(=O)NC[SH]2C=CC=C2c2cccc([C@](O)(C(=O)O)c3ccccc3)c2)c1F. The van der Waals surface area contributed by atoms with Crippen LogP contribution in [0.25, 0.3) is 15.8 Å². The van der Waals surface area contributed by atoms with Crippen molar-refractivity contribution in [3.8, 4) is 11.5 Å². The van der Waals surface area contributed by atoms with Crippen molar-refractivity contribution >= 4 is 38.6 Å². The summed E-state index contributed by atoms with van der Waals surface area (Å²) in [6, 6.07) is 23.5. The molecule has 6 rings (SSSR count). The van der Waals surface area contributed by atoms with Crippen molar-refractivity contribution in [2.75, 3.05) is 19.5 Å². The number of carbonyl (C=O) groups is 2. The first kappa shape index (κ1) is 36.1. The quantitative estimate of drug-likeness (QED) is 0.0793. The molecule has 0 bridgehead atoms. The molecule has 268 valence electrons. The number of carboxylic acid groups (broad SMARTS) is 1. The number of hydrogen-bond donors (Lipinski definition) is 8. The van der Waals surface area contributed by atoms with E-state index in [1.807, 2.05) is 17.6 Å². The van der Waals surface area contributed by atoms with Gasteiger partial charge in [0.25, 0.3) is 5.91 Å². The Hall–Kier alpha value is -5.73. The number of carboxylic acids is 1. The first-order valence-corrected chi connectivity index (χ1v) is 17.8. The molecule has 0 saturated heterocycles. The number of methoxy groups -OCH3 is 1. The molecule has 7 N–H and O–H groups in total. The minimum atomic E-state index is -2.27. The number of H-pyrrole nitrogens is 1. The Balaban J connectivity index is 1.11. The first-order valence-electron chi connectivity index (χ1n) is 16.2. The van der Waals surface area contributed by atoms with E-state index in [1.165, 1.54) is 31.4 Å². The number of amides is 1. The number of aliphatic hydroxyl groups is 2. The zero-order valence-corrected chi connectivity index (χ0v) is 28.7. The lowest BCUT2D eigenvalue weighted by Crippen LogP contribution is -2.36. The summed E-state index contributed by atoms with van der Waals surface area (Å²) in [4.78, 5) is 40.7. The zero-order chi connectivity index (χ0) is 37.0. The van der Waals surface area contributed by atoms with Gasteiger partial charge in [-0.2, -0.15) is 10.9 Å². The highest BCUT2D eigenvalue weighted by molar-refractivity contribution is 8.27. The normalized spacial score (nSPS) is 16.2. The number of aromatic amines is 1. The smallest absolute Gasteiger partial charge is 0.345 e. The molecule has 11 nitrogen and oxygen atoms in total. The highest BCUT2D eigenvalue weighted by Crippen LogP contribution is 2.47. The lowest BCUT2D eigenvalue weighted by atomic mass is 9.85. The predicted octanol–water partition coefficient (Wildman–Crippen LogP) is 4.78. The molecule has 52 heavy (non-hydrogen) atoms. The van der Waals surface area contributed by atoms with Crippen LogP contribution in [0.5, 0.6) is 11.5 Å². The number of aliphatic hydroxyl groups excluding tert-OH is 1. The van der Waals surface area contributed by atoms with Crippen molar-refractivity contribution in [3.63, 3.8) is 0 Å². The average molecular weight is 726 g/mol. The van der Waals surface area contributed by atoms with Crippen LogP contribution in [-0.4, -0.2) is 56.8 Å². The summed E-state index contributed by atoms with van der Waals surface area (Å²) >= 11 is 0. The molecule has 0 spiro atoms. The van der Waals surface area contributed by atoms with Gasteiger partial charge >= 0.3 is 5.97 Å². The van der Waals surface area contributed by atoms with Crippen LogP contribution < -0.4 is 20.9 Å². The maximum Gasteiger partial charge on any atom is 0.345 e. The summed E-state index contributed by atoms with van der Waals surface area (Å²) in [5, 5.41) is 50.7. The van der Waals surface area contributed by atoms with Crippen LogP contribution in [0.1, 0.15) is 44.3 Å². The fourth-order valence-corrected chi connectivity index (χ4v) is 7.99. The number of rotatable bonds is 13. The van der Waals surface area contributed by atoms with Crippen LogP contribution in [0.2, 0.25) is 0 Å². The molecule has 5 aromatic rings. The molecule has 1 aliphatic heterocycles. The van der Waals surface area contributed by atoms with Crippen molar-refractivity contribution in [1.29, 1.82) is 0 Å². The van der Waals surface area contributed by atoms with Gasteiger partial charge in [0.2, 0.25) is 11.2 Å². The Morgan fingerprint density at radius 1 is 1.00 bits per heavy atom. The molecule has 0 radical (unpaired) electrons. The third kappa shape index (κ3) is 7.07. The van der Waals surface area contributed by atoms with Crippen molar-refractivity contribution in [2.24, 2.45) is 0 Å². The molecule has 2 heterocycles. The number of pyridine rings is 1. The van der Waals surface area contributed by atoms with Gasteiger partial charge in [0.1, 0.15) is 5.75 Å². The van der Waals surface area contributed by atoms with Crippen molar-refractivity contribution < 1.29 is 39.1 Å². The van der Waals surface area contributed by atoms with Crippen LogP contribution in [-0.2, 0) is 16.9 Å². The van der Waals surface area contributed by atoms with Gasteiger partial charge in [-0.1, -0.05) is 66.7 Å². The van der Waals surface area contributed by atoms with Gasteiger partial charge in [0.15, 0.2) is 11.6 Å². The van der Waals surface area contributed by atoms with E-state index >= 15 is 4.39 Å². The predicted molar refractivity (Wildman–Crippen MR) is 198 cm³/mol. The molecule has 3 atom stereocenters. The topological polar surface area (TPSA) is 181 Å². The lowest BCUT2D eigenvalue weighted by Gasteiger charge is -2.26. The van der Waals surface area contributed by atoms with Crippen molar-refractivity contribution in [3.05, 3.63) is 158 Å². The molecule has 1 aromatic heterocycles. The lowest BCUT2D eigenvalue weighted by molar-refractivity contribution is -0.155. The summed E-state index contributed by atoms with van der Waals surface area (Å²) < 4.78 is 21.0. The number of carbonyl (C=O) groups excluding carboxylic acids is 1. The summed E-state index contributed by atoms with van der Waals surface area (Å²) in [6.07, 6.45) is 2.68. The minimum absolute atomic E-state index is 0.0453. The molecule has 0 aliphatic carbocycles. The monoisotopic (exact) mass is 725 g/mol. The molecule has 4 aromatic carbocycles. The van der Waals surface area contributed by atoms with E-state index in [1.54, 1.807) is 66.7 Å². The second-order valence-electron chi connectivity index (χ2n) is 12.0. The van der Waals surface area contributed by atoms with Gasteiger partial charge in [0, 0.05) is 35.7 Å². The van der Waals surface area contributed by atoms with E-state index in [2.05, 4.69) is 15.6 Å². The molecule has 1 amide bonds. The number of phenolic OH excluding ortho intramolecular Hbond substituents is 1.